The van der Waals surface area contributed by atoms with Crippen LogP contribution < -0.4 is 20.9 Å². The molecule has 1 saturated carbocycles. The number of benzene rings is 1. The van der Waals surface area contributed by atoms with Gasteiger partial charge in [-0.15, -0.1) is 0 Å². The Balaban J connectivity index is 1.62. The van der Waals surface area contributed by atoms with E-state index in [1.807, 2.05) is 36.9 Å². The maximum absolute atomic E-state index is 12.5. The summed E-state index contributed by atoms with van der Waals surface area (Å²) in [6.07, 6.45) is 7.07. The van der Waals surface area contributed by atoms with Crippen molar-refractivity contribution >= 4 is 23.5 Å². The van der Waals surface area contributed by atoms with Crippen LogP contribution in [0, 0.1) is 0 Å². The van der Waals surface area contributed by atoms with Crippen LogP contribution in [0.1, 0.15) is 68.3 Å². The van der Waals surface area contributed by atoms with E-state index >= 15 is 0 Å². The first-order valence-electron chi connectivity index (χ1n) is 10.7. The van der Waals surface area contributed by atoms with Gasteiger partial charge in [-0.1, -0.05) is 25.3 Å². The second-order valence-electron chi connectivity index (χ2n) is 8.31. The zero-order valence-electron chi connectivity index (χ0n) is 17.4. The molecule has 0 bridgehead atoms. The second-order valence-corrected chi connectivity index (χ2v) is 8.31. The number of amides is 4. The lowest BCUT2D eigenvalue weighted by Crippen LogP contribution is -2.48. The van der Waals surface area contributed by atoms with Gasteiger partial charge in [-0.05, 0) is 57.2 Å². The van der Waals surface area contributed by atoms with Crippen LogP contribution in [-0.2, 0) is 11.2 Å². The van der Waals surface area contributed by atoms with E-state index < -0.39 is 6.03 Å². The SMILES string of the molecule is CC(C)NC(=O)c1cccc2c1CCCN2CC(=O)NC(=O)NC1CCCCC1. The van der Waals surface area contributed by atoms with Crippen LogP contribution in [0.25, 0.3) is 0 Å². The number of urea groups is 1. The zero-order valence-corrected chi connectivity index (χ0v) is 17.4. The zero-order chi connectivity index (χ0) is 20.8. The Morgan fingerprint density at radius 2 is 1.86 bits per heavy atom. The van der Waals surface area contributed by atoms with Gasteiger partial charge in [0.05, 0.1) is 6.54 Å². The molecular weight excluding hydrogens is 368 g/mol. The molecule has 0 unspecified atom stereocenters. The average Bonchev–Trinajstić information content (AvgIpc) is 2.67. The summed E-state index contributed by atoms with van der Waals surface area (Å²) >= 11 is 0. The molecule has 0 spiro atoms. The van der Waals surface area contributed by atoms with Crippen LogP contribution in [0.15, 0.2) is 18.2 Å². The third-order valence-electron chi connectivity index (χ3n) is 5.54. The molecular formula is C22H32N4O3. The minimum Gasteiger partial charge on any atom is -0.362 e. The summed E-state index contributed by atoms with van der Waals surface area (Å²) < 4.78 is 0. The lowest BCUT2D eigenvalue weighted by molar-refractivity contribution is -0.118. The van der Waals surface area contributed by atoms with Crippen molar-refractivity contribution in [1.82, 2.24) is 16.0 Å². The minimum absolute atomic E-state index is 0.0616. The number of carbonyl (C=O) groups is 3. The smallest absolute Gasteiger partial charge is 0.321 e. The van der Waals surface area contributed by atoms with Gasteiger partial charge in [0.1, 0.15) is 0 Å². The van der Waals surface area contributed by atoms with E-state index in [1.54, 1.807) is 0 Å². The molecule has 29 heavy (non-hydrogen) atoms. The van der Waals surface area contributed by atoms with Crippen molar-refractivity contribution in [3.8, 4) is 0 Å². The Bertz CT molecular complexity index is 756. The standard InChI is InChI=1S/C22H32N4O3/c1-15(2)23-21(28)18-10-6-12-19-17(18)11-7-13-26(19)14-20(27)25-22(29)24-16-8-4-3-5-9-16/h6,10,12,15-16H,3-5,7-9,11,13-14H2,1-2H3,(H,23,28)(H2,24,25,27,29). The Morgan fingerprint density at radius 3 is 2.59 bits per heavy atom. The van der Waals surface area contributed by atoms with Crippen molar-refractivity contribution in [1.29, 1.82) is 0 Å². The van der Waals surface area contributed by atoms with Gasteiger partial charge in [0.25, 0.3) is 5.91 Å². The highest BCUT2D eigenvalue weighted by atomic mass is 16.2. The van der Waals surface area contributed by atoms with Crippen LogP contribution in [-0.4, -0.2) is 43.0 Å². The molecule has 7 heteroatoms. The topological polar surface area (TPSA) is 90.5 Å². The first kappa shape index (κ1) is 21.1. The number of rotatable bonds is 5. The maximum Gasteiger partial charge on any atom is 0.321 e. The van der Waals surface area contributed by atoms with Crippen molar-refractivity contribution in [2.45, 2.75) is 70.9 Å². The Labute approximate surface area is 172 Å². The molecule has 158 valence electrons. The normalized spacial score (nSPS) is 16.9. The van der Waals surface area contributed by atoms with Gasteiger partial charge in [0, 0.05) is 29.9 Å². The Hall–Kier alpha value is -2.57. The summed E-state index contributed by atoms with van der Waals surface area (Å²) in [7, 11) is 0. The predicted octanol–water partition coefficient (Wildman–Crippen LogP) is 2.74. The number of hydrogen-bond acceptors (Lipinski definition) is 4. The first-order valence-corrected chi connectivity index (χ1v) is 10.7. The molecule has 2 aliphatic rings. The largest absolute Gasteiger partial charge is 0.362 e. The van der Waals surface area contributed by atoms with E-state index in [4.69, 9.17) is 0 Å². The molecule has 3 N–H and O–H groups in total. The van der Waals surface area contributed by atoms with Crippen LogP contribution in [0.2, 0.25) is 0 Å². The van der Waals surface area contributed by atoms with Gasteiger partial charge >= 0.3 is 6.03 Å². The Morgan fingerprint density at radius 1 is 1.10 bits per heavy atom. The third kappa shape index (κ3) is 5.71. The van der Waals surface area contributed by atoms with Crippen molar-refractivity contribution < 1.29 is 14.4 Å². The number of fused-ring (bicyclic) bond motifs is 1. The summed E-state index contributed by atoms with van der Waals surface area (Å²) in [6.45, 7) is 4.69. The summed E-state index contributed by atoms with van der Waals surface area (Å²) in [5, 5.41) is 8.30. The quantitative estimate of drug-likeness (QED) is 0.709. The van der Waals surface area contributed by atoms with Crippen LogP contribution in [0.4, 0.5) is 10.5 Å². The first-order chi connectivity index (χ1) is 13.9. The van der Waals surface area contributed by atoms with Gasteiger partial charge in [0.2, 0.25) is 5.91 Å². The number of imide groups is 1. The van der Waals surface area contributed by atoms with Gasteiger partial charge in [-0.3, -0.25) is 14.9 Å². The molecule has 0 atom stereocenters. The fourth-order valence-electron chi connectivity index (χ4n) is 4.23. The molecule has 1 aliphatic heterocycles. The van der Waals surface area contributed by atoms with E-state index in [0.29, 0.717) is 5.56 Å². The van der Waals surface area contributed by atoms with E-state index in [0.717, 1.165) is 56.3 Å². The van der Waals surface area contributed by atoms with Crippen LogP contribution >= 0.6 is 0 Å². The van der Waals surface area contributed by atoms with Crippen molar-refractivity contribution in [2.75, 3.05) is 18.0 Å². The lowest BCUT2D eigenvalue weighted by Gasteiger charge is -2.32. The molecule has 7 nitrogen and oxygen atoms in total. The van der Waals surface area contributed by atoms with Crippen molar-refractivity contribution in [3.05, 3.63) is 29.3 Å². The number of hydrogen-bond donors (Lipinski definition) is 3. The molecule has 1 aromatic rings. The molecule has 0 saturated heterocycles. The highest BCUT2D eigenvalue weighted by Crippen LogP contribution is 2.29. The Kier molecular flexibility index (Phi) is 7.12. The number of anilines is 1. The summed E-state index contributed by atoms with van der Waals surface area (Å²) in [5.41, 5.74) is 2.53. The lowest BCUT2D eigenvalue weighted by atomic mass is 9.95. The molecule has 1 aliphatic carbocycles. The fourth-order valence-corrected chi connectivity index (χ4v) is 4.23. The molecule has 1 heterocycles. The summed E-state index contributed by atoms with van der Waals surface area (Å²) in [4.78, 5) is 39.1. The van der Waals surface area contributed by atoms with E-state index in [-0.39, 0.29) is 30.4 Å². The number of carbonyl (C=O) groups excluding carboxylic acids is 3. The van der Waals surface area contributed by atoms with Crippen molar-refractivity contribution in [2.24, 2.45) is 0 Å². The summed E-state index contributed by atoms with van der Waals surface area (Å²) in [6, 6.07) is 5.43. The fraction of sp³-hybridized carbons (Fsp3) is 0.591. The van der Waals surface area contributed by atoms with Gasteiger partial charge in [-0.25, -0.2) is 4.79 Å². The molecule has 0 aromatic heterocycles. The van der Waals surface area contributed by atoms with Crippen LogP contribution in [0.3, 0.4) is 0 Å². The second kappa shape index (κ2) is 9.76. The molecule has 0 radical (unpaired) electrons. The van der Waals surface area contributed by atoms with E-state index in [9.17, 15) is 14.4 Å². The number of nitrogens with zero attached hydrogens (tertiary/aromatic N) is 1. The predicted molar refractivity (Wildman–Crippen MR) is 113 cm³/mol. The van der Waals surface area contributed by atoms with Gasteiger partial charge in [0.15, 0.2) is 0 Å². The minimum atomic E-state index is -0.413. The van der Waals surface area contributed by atoms with Gasteiger partial charge < -0.3 is 15.5 Å². The van der Waals surface area contributed by atoms with E-state index in [1.165, 1.54) is 6.42 Å². The summed E-state index contributed by atoms with van der Waals surface area (Å²) in [5.74, 6) is -0.418. The highest BCUT2D eigenvalue weighted by molar-refractivity contribution is 5.99. The average molecular weight is 401 g/mol. The van der Waals surface area contributed by atoms with Gasteiger partial charge in [-0.2, -0.15) is 0 Å². The van der Waals surface area contributed by atoms with Crippen LogP contribution in [0.5, 0.6) is 0 Å². The molecule has 1 aromatic carbocycles. The van der Waals surface area contributed by atoms with E-state index in [2.05, 4.69) is 16.0 Å². The molecule has 3 rings (SSSR count). The van der Waals surface area contributed by atoms with Crippen molar-refractivity contribution in [3.63, 3.8) is 0 Å². The highest BCUT2D eigenvalue weighted by Gasteiger charge is 2.24. The number of nitrogens with one attached hydrogen (secondary N) is 3. The molecule has 1 fully saturated rings. The third-order valence-corrected chi connectivity index (χ3v) is 5.54. The maximum atomic E-state index is 12.5. The molecule has 4 amide bonds. The monoisotopic (exact) mass is 400 g/mol.